The molecule has 0 aromatic carbocycles. The van der Waals surface area contributed by atoms with Gasteiger partial charge >= 0.3 is 0 Å². The van der Waals surface area contributed by atoms with Gasteiger partial charge in [0.05, 0.1) is 38.6 Å². The molecule has 3 rings (SSSR count). The maximum Gasteiger partial charge on any atom is 0.220 e. The zero-order valence-electron chi connectivity index (χ0n) is 63.7. The van der Waals surface area contributed by atoms with Crippen LogP contribution in [-0.4, -0.2) is 193 Å². The monoisotopic (exact) mass is 1430 g/mol. The fourth-order valence-electron chi connectivity index (χ4n) is 14.9. The zero-order chi connectivity index (χ0) is 72.5. The van der Waals surface area contributed by atoms with E-state index in [1.165, 1.54) is 302 Å². The number of ether oxygens (including phenoxy) is 6. The van der Waals surface area contributed by atoms with Gasteiger partial charge < -0.3 is 89.9 Å². The minimum absolute atomic E-state index is 0.232. The normalized spacial score (nSPS) is 26.4. The molecule has 12 N–H and O–H groups in total. The standard InChI is InChI=1S/C81H157NO18/c1-3-5-7-9-11-13-15-17-19-21-23-25-26-27-28-29-30-31-32-33-34-35-36-37-38-39-41-43-45-47-49-51-53-55-57-59-69(87)82-64(65(86)58-56-54-52-50-48-46-44-42-40-24-22-20-18-16-14-12-10-8-6-4-2)63-95-79-75(93)72(90)77(67(61-84)97-79)100-81-76(94)73(91)78(68(62-85)98-81)99-80-74(92)71(89)70(88)66(60-83)96-80/h64-68,70-81,83-86,88-94H,3-63H2,1-2H3,(H,82,87). The molecule has 0 saturated carbocycles. The molecule has 1 amide bonds. The summed E-state index contributed by atoms with van der Waals surface area (Å²) in [5.74, 6) is -0.232. The van der Waals surface area contributed by atoms with E-state index in [1.807, 2.05) is 0 Å². The summed E-state index contributed by atoms with van der Waals surface area (Å²) in [6.07, 6.45) is 46.4. The smallest absolute Gasteiger partial charge is 0.220 e. The van der Waals surface area contributed by atoms with Crippen molar-refractivity contribution in [3.05, 3.63) is 0 Å². The topological polar surface area (TPSA) is 307 Å². The van der Waals surface area contributed by atoms with Gasteiger partial charge in [0.15, 0.2) is 18.9 Å². The summed E-state index contributed by atoms with van der Waals surface area (Å²) in [4.78, 5) is 13.5. The van der Waals surface area contributed by atoms with E-state index in [0.717, 1.165) is 44.9 Å². The van der Waals surface area contributed by atoms with Gasteiger partial charge in [0.1, 0.15) is 73.2 Å². The Balaban J connectivity index is 1.31. The molecule has 3 heterocycles. The van der Waals surface area contributed by atoms with Gasteiger partial charge in [-0.3, -0.25) is 4.79 Å². The summed E-state index contributed by atoms with van der Waals surface area (Å²) in [5, 5.41) is 121. The SMILES string of the molecule is CCCCCCCCCCCCCCCCCCCCCCCCCCCCCCCCCCCCCC(=O)NC(COC1OC(CO)C(OC2OC(CO)C(OC3OC(CO)C(O)C(O)C3O)C(O)C2O)C(O)C1O)C(O)CCCCCCCCCCCCCCCCCCCCCC. The number of nitrogens with one attached hydrogen (secondary N) is 1. The predicted molar refractivity (Wildman–Crippen MR) is 397 cm³/mol. The van der Waals surface area contributed by atoms with Gasteiger partial charge in [-0.2, -0.15) is 0 Å². The Bertz CT molecular complexity index is 1810. The molecule has 17 atom stereocenters. The molecule has 3 aliphatic rings. The third-order valence-electron chi connectivity index (χ3n) is 21.7. The largest absolute Gasteiger partial charge is 0.394 e. The van der Waals surface area contributed by atoms with Gasteiger partial charge in [-0.25, -0.2) is 0 Å². The summed E-state index contributed by atoms with van der Waals surface area (Å²) in [6.45, 7) is 1.88. The molecule has 3 fully saturated rings. The Hall–Kier alpha value is -1.21. The maximum absolute atomic E-state index is 13.5. The third-order valence-corrected chi connectivity index (χ3v) is 21.7. The summed E-state index contributed by atoms with van der Waals surface area (Å²) in [6, 6.07) is -0.883. The van der Waals surface area contributed by atoms with Crippen LogP contribution in [0.25, 0.3) is 0 Å². The first-order valence-corrected chi connectivity index (χ1v) is 42.3. The van der Waals surface area contributed by atoms with E-state index < -0.39 is 124 Å². The molecule has 0 aliphatic carbocycles. The van der Waals surface area contributed by atoms with Crippen LogP contribution in [0.2, 0.25) is 0 Å². The van der Waals surface area contributed by atoms with Crippen LogP contribution in [0, 0.1) is 0 Å². The van der Waals surface area contributed by atoms with E-state index in [0.29, 0.717) is 12.8 Å². The number of rotatable bonds is 69. The van der Waals surface area contributed by atoms with Crippen LogP contribution in [0.15, 0.2) is 0 Å². The molecular formula is C81H157NO18. The Labute approximate surface area is 608 Å². The lowest BCUT2D eigenvalue weighted by molar-refractivity contribution is -0.379. The molecule has 0 bridgehead atoms. The van der Waals surface area contributed by atoms with Crippen molar-refractivity contribution in [2.24, 2.45) is 0 Å². The number of aliphatic hydroxyl groups excluding tert-OH is 11. The number of carbonyl (C=O) groups is 1. The van der Waals surface area contributed by atoms with Crippen LogP contribution in [0.5, 0.6) is 0 Å². The fraction of sp³-hybridized carbons (Fsp3) is 0.988. The maximum atomic E-state index is 13.5. The highest BCUT2D eigenvalue weighted by Crippen LogP contribution is 2.34. The van der Waals surface area contributed by atoms with Gasteiger partial charge in [0.25, 0.3) is 0 Å². The highest BCUT2D eigenvalue weighted by atomic mass is 16.8. The van der Waals surface area contributed by atoms with E-state index in [2.05, 4.69) is 19.2 Å². The number of hydrogen-bond donors (Lipinski definition) is 12. The van der Waals surface area contributed by atoms with Gasteiger partial charge in [0.2, 0.25) is 5.91 Å². The average Bonchev–Trinajstić information content (AvgIpc) is 0.783. The first-order chi connectivity index (χ1) is 48.8. The number of aliphatic hydroxyl groups is 11. The van der Waals surface area contributed by atoms with Crippen LogP contribution in [0.3, 0.4) is 0 Å². The molecule has 0 aromatic rings. The van der Waals surface area contributed by atoms with Gasteiger partial charge in [0, 0.05) is 6.42 Å². The first kappa shape index (κ1) is 93.0. The van der Waals surface area contributed by atoms with Gasteiger partial charge in [-0.05, 0) is 12.8 Å². The Morgan fingerprint density at radius 1 is 0.320 bits per heavy atom. The van der Waals surface area contributed by atoms with Crippen LogP contribution in [-0.2, 0) is 33.2 Å². The van der Waals surface area contributed by atoms with E-state index in [-0.39, 0.29) is 18.9 Å². The molecule has 594 valence electrons. The quantitative estimate of drug-likeness (QED) is 0.0252. The average molecular weight is 1430 g/mol. The lowest BCUT2D eigenvalue weighted by atomic mass is 9.96. The number of unbranched alkanes of at least 4 members (excludes halogenated alkanes) is 53. The minimum atomic E-state index is -1.97. The van der Waals surface area contributed by atoms with Crippen molar-refractivity contribution in [3.63, 3.8) is 0 Å². The molecule has 0 spiro atoms. The first-order valence-electron chi connectivity index (χ1n) is 42.3. The number of hydrogen-bond acceptors (Lipinski definition) is 18. The van der Waals surface area contributed by atoms with Crippen molar-refractivity contribution in [1.29, 1.82) is 0 Å². The fourth-order valence-corrected chi connectivity index (χ4v) is 14.9. The van der Waals surface area contributed by atoms with E-state index in [4.69, 9.17) is 28.4 Å². The molecular weight excluding hydrogens is 1270 g/mol. The van der Waals surface area contributed by atoms with Gasteiger partial charge in [-0.1, -0.05) is 361 Å². The second kappa shape index (κ2) is 62.8. The third kappa shape index (κ3) is 42.4. The number of amides is 1. The van der Waals surface area contributed by atoms with Crippen LogP contribution < -0.4 is 5.32 Å². The van der Waals surface area contributed by atoms with Crippen molar-refractivity contribution in [2.45, 2.75) is 484 Å². The minimum Gasteiger partial charge on any atom is -0.394 e. The van der Waals surface area contributed by atoms with E-state index in [1.54, 1.807) is 0 Å². The van der Waals surface area contributed by atoms with Crippen LogP contribution >= 0.6 is 0 Å². The Morgan fingerprint density at radius 3 is 0.870 bits per heavy atom. The molecule has 17 unspecified atom stereocenters. The highest BCUT2D eigenvalue weighted by molar-refractivity contribution is 5.76. The predicted octanol–water partition coefficient (Wildman–Crippen LogP) is 14.6. The summed E-state index contributed by atoms with van der Waals surface area (Å²) >= 11 is 0. The summed E-state index contributed by atoms with van der Waals surface area (Å²) in [5.41, 5.74) is 0. The van der Waals surface area contributed by atoms with Crippen molar-refractivity contribution in [3.8, 4) is 0 Å². The van der Waals surface area contributed by atoms with Crippen molar-refractivity contribution in [2.75, 3.05) is 26.4 Å². The van der Waals surface area contributed by atoms with E-state index in [9.17, 15) is 61.0 Å². The molecule has 19 nitrogen and oxygen atoms in total. The Morgan fingerprint density at radius 2 is 0.570 bits per heavy atom. The zero-order valence-corrected chi connectivity index (χ0v) is 63.7. The second-order valence-corrected chi connectivity index (χ2v) is 30.7. The molecule has 3 aliphatic heterocycles. The van der Waals surface area contributed by atoms with Crippen molar-refractivity contribution in [1.82, 2.24) is 5.32 Å². The summed E-state index contributed by atoms with van der Waals surface area (Å²) in [7, 11) is 0. The van der Waals surface area contributed by atoms with Crippen molar-refractivity contribution >= 4 is 5.91 Å². The van der Waals surface area contributed by atoms with Gasteiger partial charge in [-0.15, -0.1) is 0 Å². The van der Waals surface area contributed by atoms with Crippen LogP contribution in [0.4, 0.5) is 0 Å². The molecule has 100 heavy (non-hydrogen) atoms. The Kier molecular flexibility index (Phi) is 58.4. The second-order valence-electron chi connectivity index (χ2n) is 30.7. The lowest BCUT2D eigenvalue weighted by Gasteiger charge is -2.48. The van der Waals surface area contributed by atoms with Crippen LogP contribution in [0.1, 0.15) is 380 Å². The highest BCUT2D eigenvalue weighted by Gasteiger charge is 2.54. The van der Waals surface area contributed by atoms with Crippen molar-refractivity contribution < 1.29 is 89.4 Å². The molecule has 19 heteroatoms. The molecule has 3 saturated heterocycles. The molecule has 0 aromatic heterocycles. The summed E-state index contributed by atoms with van der Waals surface area (Å²) < 4.78 is 34.5. The van der Waals surface area contributed by atoms with E-state index >= 15 is 0 Å². The lowest BCUT2D eigenvalue weighted by Crippen LogP contribution is -2.66. The number of carbonyl (C=O) groups excluding carboxylic acids is 1. The molecule has 0 radical (unpaired) electrons.